The van der Waals surface area contributed by atoms with E-state index in [9.17, 15) is 9.18 Å². The topological polar surface area (TPSA) is 59.2 Å². The molecule has 1 fully saturated rings. The van der Waals surface area contributed by atoms with Crippen molar-refractivity contribution >= 4 is 5.91 Å². The molecule has 0 saturated carbocycles. The lowest BCUT2D eigenvalue weighted by Gasteiger charge is -2.30. The van der Waals surface area contributed by atoms with Crippen LogP contribution in [0.1, 0.15) is 44.4 Å². The number of halogens is 1. The van der Waals surface area contributed by atoms with Crippen LogP contribution >= 0.6 is 0 Å². The molecular weight excluding hydrogens is 297 g/mol. The first-order valence-electron chi connectivity index (χ1n) is 8.04. The molecular formula is C17H20FN3O2. The van der Waals surface area contributed by atoms with Crippen LogP contribution in [0.3, 0.4) is 0 Å². The molecule has 0 N–H and O–H groups in total. The summed E-state index contributed by atoms with van der Waals surface area (Å²) in [6.07, 6.45) is 3.16. The predicted octanol–water partition coefficient (Wildman–Crippen LogP) is 3.38. The molecule has 0 radical (unpaired) electrons. The van der Waals surface area contributed by atoms with E-state index < -0.39 is 0 Å². The van der Waals surface area contributed by atoms with Gasteiger partial charge in [0.25, 0.3) is 0 Å². The predicted molar refractivity (Wildman–Crippen MR) is 83.2 cm³/mol. The number of amides is 1. The lowest BCUT2D eigenvalue weighted by molar-refractivity contribution is -0.132. The van der Waals surface area contributed by atoms with E-state index in [0.29, 0.717) is 18.1 Å². The summed E-state index contributed by atoms with van der Waals surface area (Å²) < 4.78 is 18.3. The highest BCUT2D eigenvalue weighted by molar-refractivity contribution is 5.76. The molecule has 0 spiro atoms. The van der Waals surface area contributed by atoms with Crippen LogP contribution in [0.4, 0.5) is 4.39 Å². The minimum Gasteiger partial charge on any atom is -0.343 e. The number of likely N-dealkylation sites (tertiary alicyclic amines) is 1. The highest BCUT2D eigenvalue weighted by atomic mass is 19.1. The molecule has 23 heavy (non-hydrogen) atoms. The fourth-order valence-corrected chi connectivity index (χ4v) is 2.87. The lowest BCUT2D eigenvalue weighted by Crippen LogP contribution is -2.37. The van der Waals surface area contributed by atoms with Crippen LogP contribution in [0.5, 0.6) is 0 Å². The van der Waals surface area contributed by atoms with Gasteiger partial charge in [0, 0.05) is 31.0 Å². The summed E-state index contributed by atoms with van der Waals surface area (Å²) >= 11 is 0. The van der Waals surface area contributed by atoms with Crippen molar-refractivity contribution in [2.45, 2.75) is 38.5 Å². The number of carbonyl (C=O) groups is 1. The van der Waals surface area contributed by atoms with Gasteiger partial charge < -0.3 is 9.42 Å². The van der Waals surface area contributed by atoms with E-state index in [1.807, 2.05) is 11.8 Å². The quantitative estimate of drug-likeness (QED) is 0.867. The number of rotatable bonds is 4. The van der Waals surface area contributed by atoms with E-state index in [0.717, 1.165) is 37.9 Å². The third-order valence-corrected chi connectivity index (χ3v) is 4.20. The summed E-state index contributed by atoms with van der Waals surface area (Å²) in [5, 5.41) is 3.99. The van der Waals surface area contributed by atoms with Gasteiger partial charge in [-0.1, -0.05) is 12.1 Å². The molecule has 0 atom stereocenters. The molecule has 1 saturated heterocycles. The molecule has 6 heteroatoms. The molecule has 1 aliphatic heterocycles. The van der Waals surface area contributed by atoms with Gasteiger partial charge in [-0.15, -0.1) is 0 Å². The largest absolute Gasteiger partial charge is 0.343 e. The zero-order chi connectivity index (χ0) is 16.2. The Bertz CT molecular complexity index is 661. The Balaban J connectivity index is 1.63. The van der Waals surface area contributed by atoms with Crippen LogP contribution in [0.25, 0.3) is 11.4 Å². The number of piperidine rings is 1. The summed E-state index contributed by atoms with van der Waals surface area (Å²) in [4.78, 5) is 18.3. The van der Waals surface area contributed by atoms with Crippen LogP contribution in [0.2, 0.25) is 0 Å². The third kappa shape index (κ3) is 3.57. The normalized spacial score (nSPS) is 15.8. The maximum Gasteiger partial charge on any atom is 0.230 e. The molecule has 2 aromatic rings. The van der Waals surface area contributed by atoms with E-state index in [1.54, 1.807) is 12.1 Å². The van der Waals surface area contributed by atoms with Gasteiger partial charge in [0.1, 0.15) is 5.82 Å². The first kappa shape index (κ1) is 15.6. The lowest BCUT2D eigenvalue weighted by atomic mass is 9.96. The molecule has 2 heterocycles. The van der Waals surface area contributed by atoms with Gasteiger partial charge in [0.2, 0.25) is 17.6 Å². The summed E-state index contributed by atoms with van der Waals surface area (Å²) in [6.45, 7) is 3.48. The van der Waals surface area contributed by atoms with Gasteiger partial charge in [-0.3, -0.25) is 4.79 Å². The molecule has 1 aromatic carbocycles. The number of carbonyl (C=O) groups excluding carboxylic acids is 1. The smallest absolute Gasteiger partial charge is 0.230 e. The van der Waals surface area contributed by atoms with Crippen molar-refractivity contribution in [3.63, 3.8) is 0 Å². The fourth-order valence-electron chi connectivity index (χ4n) is 2.87. The zero-order valence-electron chi connectivity index (χ0n) is 13.2. The second kappa shape index (κ2) is 6.89. The van der Waals surface area contributed by atoms with Gasteiger partial charge in [0.05, 0.1) is 0 Å². The first-order valence-corrected chi connectivity index (χ1v) is 8.04. The highest BCUT2D eigenvalue weighted by Crippen LogP contribution is 2.28. The minimum absolute atomic E-state index is 0.183. The molecule has 0 unspecified atom stereocenters. The van der Waals surface area contributed by atoms with Gasteiger partial charge >= 0.3 is 0 Å². The second-order valence-corrected chi connectivity index (χ2v) is 5.87. The van der Waals surface area contributed by atoms with Gasteiger partial charge in [-0.25, -0.2) is 4.39 Å². The van der Waals surface area contributed by atoms with Gasteiger partial charge in [-0.2, -0.15) is 4.98 Å². The molecule has 5 nitrogen and oxygen atoms in total. The van der Waals surface area contributed by atoms with Crippen LogP contribution in [-0.4, -0.2) is 34.0 Å². The monoisotopic (exact) mass is 317 g/mol. The van der Waals surface area contributed by atoms with Crippen molar-refractivity contribution in [1.29, 1.82) is 0 Å². The Morgan fingerprint density at radius 3 is 2.65 bits per heavy atom. The Kier molecular flexibility index (Phi) is 4.69. The fraction of sp³-hybridized carbons (Fsp3) is 0.471. The number of hydrogen-bond acceptors (Lipinski definition) is 4. The maximum atomic E-state index is 13.0. The summed E-state index contributed by atoms with van der Waals surface area (Å²) in [7, 11) is 0. The first-order chi connectivity index (χ1) is 11.2. The van der Waals surface area contributed by atoms with Gasteiger partial charge in [-0.05, 0) is 43.5 Å². The summed E-state index contributed by atoms with van der Waals surface area (Å²) in [5.74, 6) is 1.20. The molecule has 0 aliphatic carbocycles. The van der Waals surface area contributed by atoms with Crippen molar-refractivity contribution in [1.82, 2.24) is 15.0 Å². The average molecular weight is 317 g/mol. The second-order valence-electron chi connectivity index (χ2n) is 5.87. The van der Waals surface area contributed by atoms with Crippen molar-refractivity contribution in [3.8, 4) is 11.4 Å². The minimum atomic E-state index is -0.290. The standard InChI is InChI=1S/C17H20FN3O2/c1-2-3-15(22)21-10-8-13(9-11-21)17-19-16(20-23-17)12-4-6-14(18)7-5-12/h4-7,13H,2-3,8-11H2,1H3. The van der Waals surface area contributed by atoms with Crippen molar-refractivity contribution in [2.75, 3.05) is 13.1 Å². The molecule has 1 aliphatic rings. The van der Waals surface area contributed by atoms with Crippen molar-refractivity contribution in [3.05, 3.63) is 36.0 Å². The molecule has 1 amide bonds. The van der Waals surface area contributed by atoms with Crippen LogP contribution in [0.15, 0.2) is 28.8 Å². The molecule has 3 rings (SSSR count). The number of benzene rings is 1. The molecule has 1 aromatic heterocycles. The van der Waals surface area contributed by atoms with Crippen LogP contribution in [0, 0.1) is 5.82 Å². The molecule has 122 valence electrons. The SMILES string of the molecule is CCCC(=O)N1CCC(c2nc(-c3ccc(F)cc3)no2)CC1. The Labute approximate surface area is 134 Å². The van der Waals surface area contributed by atoms with Crippen LogP contribution < -0.4 is 0 Å². The van der Waals surface area contributed by atoms with Crippen molar-refractivity contribution in [2.24, 2.45) is 0 Å². The maximum absolute atomic E-state index is 13.0. The Hall–Kier alpha value is -2.24. The molecule has 0 bridgehead atoms. The number of aromatic nitrogens is 2. The van der Waals surface area contributed by atoms with E-state index in [2.05, 4.69) is 10.1 Å². The third-order valence-electron chi connectivity index (χ3n) is 4.20. The van der Waals surface area contributed by atoms with E-state index >= 15 is 0 Å². The van der Waals surface area contributed by atoms with Gasteiger partial charge in [0.15, 0.2) is 0 Å². The Morgan fingerprint density at radius 2 is 2.00 bits per heavy atom. The zero-order valence-corrected chi connectivity index (χ0v) is 13.2. The van der Waals surface area contributed by atoms with E-state index in [1.165, 1.54) is 12.1 Å². The highest BCUT2D eigenvalue weighted by Gasteiger charge is 2.27. The van der Waals surface area contributed by atoms with Crippen molar-refractivity contribution < 1.29 is 13.7 Å². The van der Waals surface area contributed by atoms with E-state index in [-0.39, 0.29) is 17.6 Å². The Morgan fingerprint density at radius 1 is 1.30 bits per heavy atom. The number of hydrogen-bond donors (Lipinski definition) is 0. The van der Waals surface area contributed by atoms with E-state index in [4.69, 9.17) is 4.52 Å². The average Bonchev–Trinajstić information content (AvgIpc) is 3.06. The van der Waals surface area contributed by atoms with Crippen LogP contribution in [-0.2, 0) is 4.79 Å². The summed E-state index contributed by atoms with van der Waals surface area (Å²) in [5.41, 5.74) is 0.733. The summed E-state index contributed by atoms with van der Waals surface area (Å²) in [6, 6.07) is 6.03. The number of nitrogens with zero attached hydrogens (tertiary/aromatic N) is 3.